The number of halogens is 3. The minimum Gasteiger partial charge on any atom is -0.271 e. The second-order valence-corrected chi connectivity index (χ2v) is 2.96. The lowest BCUT2D eigenvalue weighted by Gasteiger charge is -2.02. The number of alkyl halides is 3. The molecule has 1 unspecified atom stereocenters. The van der Waals surface area contributed by atoms with Crippen molar-refractivity contribution in [2.45, 2.75) is 19.0 Å². The molecule has 14 heavy (non-hydrogen) atoms. The van der Waals surface area contributed by atoms with Gasteiger partial charge in [0.2, 0.25) is 0 Å². The first-order chi connectivity index (χ1) is 6.36. The van der Waals surface area contributed by atoms with E-state index in [4.69, 9.17) is 6.42 Å². The summed E-state index contributed by atoms with van der Waals surface area (Å²) in [7, 11) is 1.44. The Morgan fingerprint density at radius 3 is 2.50 bits per heavy atom. The lowest BCUT2D eigenvalue weighted by atomic mass is 10.1. The van der Waals surface area contributed by atoms with Crippen LogP contribution in [0, 0.1) is 12.3 Å². The number of terminal acetylenes is 1. The highest BCUT2D eigenvalue weighted by atomic mass is 19.4. The quantitative estimate of drug-likeness (QED) is 0.638. The van der Waals surface area contributed by atoms with E-state index in [0.29, 0.717) is 5.69 Å². The molecule has 0 bridgehead atoms. The van der Waals surface area contributed by atoms with Crippen molar-refractivity contribution in [2.24, 2.45) is 7.05 Å². The standard InChI is InChI=1S/C9H9F3N2/c1-4-6(2)7-5-8(9(10,11)12)13-14(7)3/h1,5-6H,2-3H3. The second kappa shape index (κ2) is 3.37. The zero-order chi connectivity index (χ0) is 10.9. The molecule has 1 aromatic rings. The Balaban J connectivity index is 3.13. The van der Waals surface area contributed by atoms with Gasteiger partial charge in [0.15, 0.2) is 5.69 Å². The van der Waals surface area contributed by atoms with Crippen LogP contribution in [0.15, 0.2) is 6.07 Å². The lowest BCUT2D eigenvalue weighted by Crippen LogP contribution is -2.06. The van der Waals surface area contributed by atoms with Crippen LogP contribution in [0.1, 0.15) is 24.2 Å². The van der Waals surface area contributed by atoms with Crippen LogP contribution in [0.3, 0.4) is 0 Å². The molecule has 1 aromatic heterocycles. The molecular weight excluding hydrogens is 193 g/mol. The van der Waals surface area contributed by atoms with Crippen LogP contribution < -0.4 is 0 Å². The van der Waals surface area contributed by atoms with Gasteiger partial charge in [0.1, 0.15) is 0 Å². The maximum Gasteiger partial charge on any atom is 0.435 e. The molecule has 0 amide bonds. The van der Waals surface area contributed by atoms with E-state index in [1.54, 1.807) is 6.92 Å². The summed E-state index contributed by atoms with van der Waals surface area (Å²) < 4.78 is 37.8. The molecule has 0 N–H and O–H groups in total. The van der Waals surface area contributed by atoms with E-state index in [0.717, 1.165) is 10.7 Å². The first-order valence-electron chi connectivity index (χ1n) is 3.93. The first-order valence-corrected chi connectivity index (χ1v) is 3.93. The van der Waals surface area contributed by atoms with Crippen LogP contribution in [0.5, 0.6) is 0 Å². The second-order valence-electron chi connectivity index (χ2n) is 2.96. The summed E-state index contributed by atoms with van der Waals surface area (Å²) in [5.41, 5.74) is -0.517. The van der Waals surface area contributed by atoms with Gasteiger partial charge in [-0.1, -0.05) is 5.92 Å². The van der Waals surface area contributed by atoms with E-state index >= 15 is 0 Å². The lowest BCUT2D eigenvalue weighted by molar-refractivity contribution is -0.141. The Hall–Kier alpha value is -1.44. The predicted molar refractivity (Wildman–Crippen MR) is 45.5 cm³/mol. The molecule has 0 radical (unpaired) electrons. The van der Waals surface area contributed by atoms with Crippen molar-refractivity contribution >= 4 is 0 Å². The topological polar surface area (TPSA) is 17.8 Å². The molecule has 0 aliphatic carbocycles. The van der Waals surface area contributed by atoms with Crippen LogP contribution in [0.4, 0.5) is 13.2 Å². The molecule has 5 heteroatoms. The highest BCUT2D eigenvalue weighted by Gasteiger charge is 2.34. The van der Waals surface area contributed by atoms with Gasteiger partial charge in [-0.25, -0.2) is 0 Å². The van der Waals surface area contributed by atoms with E-state index < -0.39 is 11.9 Å². The van der Waals surface area contributed by atoms with Gasteiger partial charge in [0.25, 0.3) is 0 Å². The number of hydrogen-bond acceptors (Lipinski definition) is 1. The summed E-state index contributed by atoms with van der Waals surface area (Å²) >= 11 is 0. The Labute approximate surface area is 79.7 Å². The Kier molecular flexibility index (Phi) is 2.56. The fraction of sp³-hybridized carbons (Fsp3) is 0.444. The number of hydrogen-bond donors (Lipinski definition) is 0. The van der Waals surface area contributed by atoms with E-state index in [-0.39, 0.29) is 5.92 Å². The monoisotopic (exact) mass is 202 g/mol. The minimum atomic E-state index is -4.41. The molecule has 0 spiro atoms. The summed E-state index contributed by atoms with van der Waals surface area (Å²) in [5.74, 6) is 1.99. The normalized spacial score (nSPS) is 13.7. The summed E-state index contributed by atoms with van der Waals surface area (Å²) in [4.78, 5) is 0. The molecule has 1 heterocycles. The van der Waals surface area contributed by atoms with Crippen molar-refractivity contribution in [2.75, 3.05) is 0 Å². The maximum absolute atomic E-state index is 12.2. The average molecular weight is 202 g/mol. The summed E-state index contributed by atoms with van der Waals surface area (Å²) in [5, 5.41) is 3.35. The van der Waals surface area contributed by atoms with Crippen LogP contribution >= 0.6 is 0 Å². The fourth-order valence-electron chi connectivity index (χ4n) is 1.11. The van der Waals surface area contributed by atoms with Crippen molar-refractivity contribution in [1.29, 1.82) is 0 Å². The van der Waals surface area contributed by atoms with Gasteiger partial charge >= 0.3 is 6.18 Å². The Morgan fingerprint density at radius 1 is 1.57 bits per heavy atom. The van der Waals surface area contributed by atoms with Crippen LogP contribution in [0.25, 0.3) is 0 Å². The third-order valence-corrected chi connectivity index (χ3v) is 1.90. The third-order valence-electron chi connectivity index (χ3n) is 1.90. The fourth-order valence-corrected chi connectivity index (χ4v) is 1.11. The minimum absolute atomic E-state index is 0.372. The van der Waals surface area contributed by atoms with E-state index in [9.17, 15) is 13.2 Å². The van der Waals surface area contributed by atoms with Crippen LogP contribution in [0.2, 0.25) is 0 Å². The average Bonchev–Trinajstić information content (AvgIpc) is 2.45. The van der Waals surface area contributed by atoms with E-state index in [1.165, 1.54) is 7.05 Å². The number of aromatic nitrogens is 2. The molecule has 0 fully saturated rings. The Morgan fingerprint density at radius 2 is 2.14 bits per heavy atom. The van der Waals surface area contributed by atoms with Crippen molar-refractivity contribution in [3.63, 3.8) is 0 Å². The molecule has 0 saturated carbocycles. The molecule has 0 aliphatic heterocycles. The van der Waals surface area contributed by atoms with Gasteiger partial charge in [-0.05, 0) is 13.0 Å². The number of nitrogens with zero attached hydrogens (tertiary/aromatic N) is 2. The zero-order valence-corrected chi connectivity index (χ0v) is 7.76. The van der Waals surface area contributed by atoms with Crippen molar-refractivity contribution in [1.82, 2.24) is 9.78 Å². The molecule has 76 valence electrons. The summed E-state index contributed by atoms with van der Waals surface area (Å²) in [6, 6.07) is 0.977. The van der Waals surface area contributed by atoms with Gasteiger partial charge < -0.3 is 0 Å². The smallest absolute Gasteiger partial charge is 0.271 e. The predicted octanol–water partition coefficient (Wildman–Crippen LogP) is 2.18. The highest BCUT2D eigenvalue weighted by Crippen LogP contribution is 2.29. The highest BCUT2D eigenvalue weighted by molar-refractivity contribution is 5.22. The molecule has 2 nitrogen and oxygen atoms in total. The molecule has 0 saturated heterocycles. The summed E-state index contributed by atoms with van der Waals surface area (Å²) in [6.07, 6.45) is 0.707. The van der Waals surface area contributed by atoms with Gasteiger partial charge in [-0.3, -0.25) is 4.68 Å². The van der Waals surface area contributed by atoms with Crippen molar-refractivity contribution < 1.29 is 13.2 Å². The molecular formula is C9H9F3N2. The zero-order valence-electron chi connectivity index (χ0n) is 7.76. The molecule has 0 aliphatic rings. The van der Waals surface area contributed by atoms with Gasteiger partial charge in [-0.15, -0.1) is 6.42 Å². The SMILES string of the molecule is C#CC(C)c1cc(C(F)(F)F)nn1C. The van der Waals surface area contributed by atoms with Crippen LogP contribution in [-0.4, -0.2) is 9.78 Å². The Bertz CT molecular complexity index is 370. The van der Waals surface area contributed by atoms with Crippen LogP contribution in [-0.2, 0) is 13.2 Å². The summed E-state index contributed by atoms with van der Waals surface area (Å²) in [6.45, 7) is 1.65. The third kappa shape index (κ3) is 1.90. The maximum atomic E-state index is 12.2. The molecule has 1 rings (SSSR count). The van der Waals surface area contributed by atoms with Crippen molar-refractivity contribution in [3.05, 3.63) is 17.5 Å². The van der Waals surface area contributed by atoms with E-state index in [1.807, 2.05) is 0 Å². The molecule has 1 atom stereocenters. The molecule has 0 aromatic carbocycles. The van der Waals surface area contributed by atoms with Gasteiger partial charge in [0, 0.05) is 7.05 Å². The number of aryl methyl sites for hydroxylation is 1. The van der Waals surface area contributed by atoms with Gasteiger partial charge in [-0.2, -0.15) is 18.3 Å². The number of rotatable bonds is 1. The largest absolute Gasteiger partial charge is 0.435 e. The van der Waals surface area contributed by atoms with Gasteiger partial charge in [0.05, 0.1) is 11.6 Å². The van der Waals surface area contributed by atoms with E-state index in [2.05, 4.69) is 11.0 Å². The van der Waals surface area contributed by atoms with Crippen molar-refractivity contribution in [3.8, 4) is 12.3 Å². The first kappa shape index (κ1) is 10.6.